The molecule has 6 nitrogen and oxygen atoms in total. The molecule has 4 rings (SSSR count). The number of pyridine rings is 2. The maximum atomic E-state index is 10.6. The molecule has 3 heterocycles. The standard InChI is InChI=1S/C17H14N4O.H2O/c1-11-7-8-13(9-18-11)21-17(22)16-15(19-21)14-6-4-3-5-12(14)10-20(16)2;/h3-10H,1-2H3;1H2. The predicted octanol–water partition coefficient (Wildman–Crippen LogP) is 2.24. The Morgan fingerprint density at radius 3 is 2.65 bits per heavy atom. The quantitative estimate of drug-likeness (QED) is 0.546. The Balaban J connectivity index is 0.00000156. The highest BCUT2D eigenvalue weighted by Crippen LogP contribution is 2.29. The van der Waals surface area contributed by atoms with E-state index in [0.717, 1.165) is 27.7 Å². The summed E-state index contributed by atoms with van der Waals surface area (Å²) in [6, 6.07) is 11.8. The van der Waals surface area contributed by atoms with Gasteiger partial charge < -0.3 is 10.6 Å². The number of nitrogens with zero attached hydrogens (tertiary/aromatic N) is 4. The van der Waals surface area contributed by atoms with Crippen LogP contribution in [0.2, 0.25) is 0 Å². The second-order valence-electron chi connectivity index (χ2n) is 5.42. The van der Waals surface area contributed by atoms with Gasteiger partial charge in [-0.1, -0.05) is 18.2 Å². The van der Waals surface area contributed by atoms with E-state index in [0.29, 0.717) is 5.52 Å². The summed E-state index contributed by atoms with van der Waals surface area (Å²) in [5.74, 6) is 0.119. The second-order valence-corrected chi connectivity index (χ2v) is 5.42. The molecule has 23 heavy (non-hydrogen) atoms. The molecule has 0 radical (unpaired) electrons. The fraction of sp³-hybridized carbons (Fsp3) is 0.118. The van der Waals surface area contributed by atoms with Crippen LogP contribution < -0.4 is 4.57 Å². The fourth-order valence-electron chi connectivity index (χ4n) is 2.77. The molecule has 0 unspecified atom stereocenters. The van der Waals surface area contributed by atoms with Gasteiger partial charge in [-0.2, -0.15) is 14.3 Å². The monoisotopic (exact) mass is 308 g/mol. The summed E-state index contributed by atoms with van der Waals surface area (Å²) < 4.78 is 3.43. The molecular formula is C17H16N4O2. The fourth-order valence-corrected chi connectivity index (χ4v) is 2.77. The molecular weight excluding hydrogens is 292 g/mol. The Bertz CT molecular complexity index is 1010. The number of aryl methyl sites for hydroxylation is 2. The molecule has 0 aliphatic heterocycles. The van der Waals surface area contributed by atoms with Crippen molar-refractivity contribution in [1.29, 1.82) is 0 Å². The lowest BCUT2D eigenvalue weighted by atomic mass is 10.1. The average molecular weight is 308 g/mol. The van der Waals surface area contributed by atoms with Gasteiger partial charge in [-0.3, -0.25) is 4.98 Å². The molecule has 0 bridgehead atoms. The number of fused-ring (bicyclic) bond motifs is 3. The lowest BCUT2D eigenvalue weighted by Crippen LogP contribution is -2.27. The molecule has 0 aliphatic carbocycles. The first-order chi connectivity index (χ1) is 10.6. The molecule has 116 valence electrons. The summed E-state index contributed by atoms with van der Waals surface area (Å²) in [5, 5.41) is 17.3. The summed E-state index contributed by atoms with van der Waals surface area (Å²) in [6.45, 7) is 1.93. The van der Waals surface area contributed by atoms with Crippen LogP contribution in [0.15, 0.2) is 48.8 Å². The number of hydrogen-bond acceptors (Lipinski definition) is 4. The largest absolute Gasteiger partial charge is 0.870 e. The summed E-state index contributed by atoms with van der Waals surface area (Å²) >= 11 is 0. The average Bonchev–Trinajstić information content (AvgIpc) is 2.87. The van der Waals surface area contributed by atoms with E-state index in [4.69, 9.17) is 0 Å². The van der Waals surface area contributed by atoms with Crippen molar-refractivity contribution in [2.75, 3.05) is 0 Å². The van der Waals surface area contributed by atoms with E-state index in [-0.39, 0.29) is 11.4 Å². The summed E-state index contributed by atoms with van der Waals surface area (Å²) in [7, 11) is 1.91. The minimum atomic E-state index is 0. The van der Waals surface area contributed by atoms with E-state index in [2.05, 4.69) is 10.1 Å². The van der Waals surface area contributed by atoms with Gasteiger partial charge in [0, 0.05) is 16.5 Å². The molecule has 4 aromatic rings. The number of benzene rings is 1. The van der Waals surface area contributed by atoms with Gasteiger partial charge in [-0.25, -0.2) is 0 Å². The van der Waals surface area contributed by atoms with Gasteiger partial charge in [-0.05, 0) is 25.1 Å². The first kappa shape index (κ1) is 14.9. The molecule has 0 aliphatic rings. The first-order valence-electron chi connectivity index (χ1n) is 7.07. The first-order valence-corrected chi connectivity index (χ1v) is 7.07. The lowest BCUT2D eigenvalue weighted by molar-refractivity contribution is -0.643. The molecule has 0 saturated carbocycles. The van der Waals surface area contributed by atoms with Gasteiger partial charge in [0.2, 0.25) is 0 Å². The molecule has 2 N–H and O–H groups in total. The Labute approximate surface area is 132 Å². The van der Waals surface area contributed by atoms with Gasteiger partial charge >= 0.3 is 0 Å². The normalized spacial score (nSPS) is 10.9. The van der Waals surface area contributed by atoms with E-state index in [1.807, 2.05) is 61.1 Å². The van der Waals surface area contributed by atoms with E-state index in [9.17, 15) is 5.11 Å². The summed E-state index contributed by atoms with van der Waals surface area (Å²) in [5.41, 5.74) is 3.15. The molecule has 6 heteroatoms. The Morgan fingerprint density at radius 2 is 1.91 bits per heavy atom. The van der Waals surface area contributed by atoms with Crippen molar-refractivity contribution in [1.82, 2.24) is 14.8 Å². The Hall–Kier alpha value is -2.99. The van der Waals surface area contributed by atoms with Crippen LogP contribution in [0.3, 0.4) is 0 Å². The minimum Gasteiger partial charge on any atom is -0.870 e. The van der Waals surface area contributed by atoms with Crippen molar-refractivity contribution < 1.29 is 15.1 Å². The van der Waals surface area contributed by atoms with Crippen molar-refractivity contribution in [3.05, 3.63) is 54.5 Å². The van der Waals surface area contributed by atoms with Gasteiger partial charge in [0.15, 0.2) is 11.7 Å². The molecule has 0 fully saturated rings. The minimum absolute atomic E-state index is 0. The van der Waals surface area contributed by atoms with Crippen molar-refractivity contribution in [2.24, 2.45) is 7.05 Å². The second kappa shape index (κ2) is 5.33. The zero-order valence-corrected chi connectivity index (χ0v) is 12.8. The van der Waals surface area contributed by atoms with Crippen LogP contribution in [0.5, 0.6) is 5.88 Å². The van der Waals surface area contributed by atoms with Crippen LogP contribution in [0.4, 0.5) is 0 Å². The third-order valence-electron chi connectivity index (χ3n) is 3.88. The van der Waals surface area contributed by atoms with Crippen LogP contribution in [-0.4, -0.2) is 25.3 Å². The zero-order chi connectivity index (χ0) is 15.3. The van der Waals surface area contributed by atoms with Gasteiger partial charge in [0.05, 0.1) is 11.9 Å². The molecule has 0 saturated heterocycles. The molecule has 0 amide bonds. The topological polar surface area (TPSA) is 84.8 Å². The van der Waals surface area contributed by atoms with E-state index in [1.54, 1.807) is 6.20 Å². The SMILES string of the molecule is Cc1ccc(-n2nc3c4ccccc4c[n+](C)c3c2O)cn1.[OH-]. The smallest absolute Gasteiger partial charge is 0.296 e. The molecule has 3 aromatic heterocycles. The number of aromatic nitrogens is 4. The van der Waals surface area contributed by atoms with Crippen molar-refractivity contribution >= 4 is 21.8 Å². The van der Waals surface area contributed by atoms with Crippen LogP contribution in [-0.2, 0) is 7.05 Å². The predicted molar refractivity (Wildman–Crippen MR) is 85.9 cm³/mol. The molecule has 0 spiro atoms. The maximum absolute atomic E-state index is 10.6. The summed E-state index contributed by atoms with van der Waals surface area (Å²) in [6.07, 6.45) is 3.71. The number of aromatic hydroxyl groups is 1. The highest BCUT2D eigenvalue weighted by molar-refractivity contribution is 6.02. The Kier molecular flexibility index (Phi) is 3.46. The van der Waals surface area contributed by atoms with E-state index < -0.39 is 0 Å². The van der Waals surface area contributed by atoms with Crippen LogP contribution in [0.1, 0.15) is 5.69 Å². The highest BCUT2D eigenvalue weighted by Gasteiger charge is 2.22. The molecule has 1 aromatic carbocycles. The third-order valence-corrected chi connectivity index (χ3v) is 3.88. The summed E-state index contributed by atoms with van der Waals surface area (Å²) in [4.78, 5) is 4.27. The van der Waals surface area contributed by atoms with Gasteiger partial charge in [0.25, 0.3) is 11.4 Å². The Morgan fingerprint density at radius 1 is 1.13 bits per heavy atom. The zero-order valence-electron chi connectivity index (χ0n) is 12.8. The maximum Gasteiger partial charge on any atom is 0.296 e. The third kappa shape index (κ3) is 2.20. The van der Waals surface area contributed by atoms with Crippen LogP contribution in [0.25, 0.3) is 27.5 Å². The molecule has 0 atom stereocenters. The van der Waals surface area contributed by atoms with E-state index >= 15 is 0 Å². The van der Waals surface area contributed by atoms with Crippen LogP contribution in [0, 0.1) is 6.92 Å². The number of hydrogen-bond donors (Lipinski definition) is 1. The number of rotatable bonds is 1. The van der Waals surface area contributed by atoms with Crippen molar-refractivity contribution in [3.63, 3.8) is 0 Å². The van der Waals surface area contributed by atoms with Crippen molar-refractivity contribution in [3.8, 4) is 11.6 Å². The van der Waals surface area contributed by atoms with Crippen LogP contribution >= 0.6 is 0 Å². The van der Waals surface area contributed by atoms with Gasteiger partial charge in [0.1, 0.15) is 7.05 Å². The highest BCUT2D eigenvalue weighted by atomic mass is 16.3. The van der Waals surface area contributed by atoms with E-state index in [1.165, 1.54) is 4.68 Å². The van der Waals surface area contributed by atoms with Crippen molar-refractivity contribution in [2.45, 2.75) is 6.92 Å². The lowest BCUT2D eigenvalue weighted by Gasteiger charge is -2.01. The van der Waals surface area contributed by atoms with Gasteiger partial charge in [-0.15, -0.1) is 0 Å².